The topological polar surface area (TPSA) is 99.1 Å². The van der Waals surface area contributed by atoms with Gasteiger partial charge in [-0.05, 0) is 33.1 Å². The number of carbonyl (C=O) groups is 2. The lowest BCUT2D eigenvalue weighted by atomic mass is 10.1. The number of ether oxygens (including phenoxy) is 1. The molecular weight excluding hydrogens is 252 g/mol. The predicted molar refractivity (Wildman–Crippen MR) is 67.9 cm³/mol. The highest BCUT2D eigenvalue weighted by molar-refractivity contribution is 5.68. The normalized spacial score (nSPS) is 23.3. The summed E-state index contributed by atoms with van der Waals surface area (Å²) in [5.41, 5.74) is -0.555. The third kappa shape index (κ3) is 4.94. The number of alkyl carbamates (subject to hydrolysis) is 1. The van der Waals surface area contributed by atoms with Crippen molar-refractivity contribution in [3.05, 3.63) is 0 Å². The minimum absolute atomic E-state index is 0.000711. The van der Waals surface area contributed by atoms with Gasteiger partial charge in [0.05, 0.1) is 12.6 Å². The lowest BCUT2D eigenvalue weighted by Crippen LogP contribution is -2.37. The zero-order valence-electron chi connectivity index (χ0n) is 11.5. The fourth-order valence-electron chi connectivity index (χ4n) is 2.11. The lowest BCUT2D eigenvalue weighted by molar-refractivity contribution is 0.0520. The van der Waals surface area contributed by atoms with Crippen molar-refractivity contribution in [3.8, 4) is 0 Å². The molecule has 0 radical (unpaired) electrons. The summed E-state index contributed by atoms with van der Waals surface area (Å²) in [7, 11) is 0. The molecular formula is C12H22N2O5. The number of hydrogen-bond acceptors (Lipinski definition) is 4. The number of nitrogens with one attached hydrogen (secondary N) is 1. The molecule has 7 heteroatoms. The van der Waals surface area contributed by atoms with Crippen LogP contribution >= 0.6 is 0 Å². The van der Waals surface area contributed by atoms with Gasteiger partial charge in [0.1, 0.15) is 5.60 Å². The predicted octanol–water partition coefficient (Wildman–Crippen LogP) is 0.872. The zero-order chi connectivity index (χ0) is 14.6. The SMILES string of the molecule is CC(C)(C)OC(=O)NCC1CC(CO)N(C(=O)O)C1. The van der Waals surface area contributed by atoms with E-state index < -0.39 is 17.8 Å². The molecule has 0 aliphatic carbocycles. The number of aliphatic hydroxyl groups is 1. The van der Waals surface area contributed by atoms with Crippen LogP contribution in [0.1, 0.15) is 27.2 Å². The van der Waals surface area contributed by atoms with Gasteiger partial charge in [0, 0.05) is 13.1 Å². The van der Waals surface area contributed by atoms with E-state index in [1.165, 1.54) is 4.90 Å². The van der Waals surface area contributed by atoms with Gasteiger partial charge in [-0.3, -0.25) is 0 Å². The van der Waals surface area contributed by atoms with Crippen molar-refractivity contribution in [3.63, 3.8) is 0 Å². The highest BCUT2D eigenvalue weighted by Crippen LogP contribution is 2.22. The number of nitrogens with zero attached hydrogens (tertiary/aromatic N) is 1. The summed E-state index contributed by atoms with van der Waals surface area (Å²) in [4.78, 5) is 23.6. The van der Waals surface area contributed by atoms with Crippen molar-refractivity contribution >= 4 is 12.2 Å². The molecule has 0 saturated carbocycles. The molecule has 2 amide bonds. The summed E-state index contributed by atoms with van der Waals surface area (Å²) in [6.07, 6.45) is -1.01. The number of carboxylic acid groups (broad SMARTS) is 1. The van der Waals surface area contributed by atoms with Crippen LogP contribution in [0.3, 0.4) is 0 Å². The Morgan fingerprint density at radius 2 is 2.05 bits per heavy atom. The maximum absolute atomic E-state index is 11.5. The second-order valence-electron chi connectivity index (χ2n) is 5.76. The van der Waals surface area contributed by atoms with Gasteiger partial charge < -0.3 is 25.2 Å². The molecule has 0 aromatic carbocycles. The van der Waals surface area contributed by atoms with Crippen LogP contribution in [0.25, 0.3) is 0 Å². The van der Waals surface area contributed by atoms with Gasteiger partial charge in [-0.1, -0.05) is 0 Å². The van der Waals surface area contributed by atoms with Crippen LogP contribution in [0, 0.1) is 5.92 Å². The van der Waals surface area contributed by atoms with E-state index in [0.29, 0.717) is 19.5 Å². The largest absolute Gasteiger partial charge is 0.465 e. The summed E-state index contributed by atoms with van der Waals surface area (Å²) < 4.78 is 5.10. The highest BCUT2D eigenvalue weighted by atomic mass is 16.6. The van der Waals surface area contributed by atoms with Crippen LogP contribution in [0.15, 0.2) is 0 Å². The monoisotopic (exact) mass is 274 g/mol. The Labute approximate surface area is 112 Å². The van der Waals surface area contributed by atoms with Crippen LogP contribution in [0.2, 0.25) is 0 Å². The van der Waals surface area contributed by atoms with Gasteiger partial charge in [0.2, 0.25) is 0 Å². The van der Waals surface area contributed by atoms with Gasteiger partial charge in [-0.15, -0.1) is 0 Å². The molecule has 1 rings (SSSR count). The molecule has 110 valence electrons. The molecule has 0 spiro atoms. The van der Waals surface area contributed by atoms with E-state index in [-0.39, 0.29) is 18.6 Å². The third-order valence-corrected chi connectivity index (χ3v) is 2.89. The van der Waals surface area contributed by atoms with Crippen LogP contribution < -0.4 is 5.32 Å². The van der Waals surface area contributed by atoms with Crippen molar-refractivity contribution in [2.45, 2.75) is 38.8 Å². The Hall–Kier alpha value is -1.50. The first-order valence-electron chi connectivity index (χ1n) is 6.30. The Morgan fingerprint density at radius 1 is 1.42 bits per heavy atom. The summed E-state index contributed by atoms with van der Waals surface area (Å²) in [5, 5.41) is 20.7. The molecule has 2 atom stereocenters. The van der Waals surface area contributed by atoms with Crippen LogP contribution in [0.4, 0.5) is 9.59 Å². The molecule has 0 bridgehead atoms. The summed E-state index contributed by atoms with van der Waals surface area (Å²) in [6, 6.07) is -0.386. The first kappa shape index (κ1) is 15.6. The number of amides is 2. The minimum Gasteiger partial charge on any atom is -0.465 e. The maximum Gasteiger partial charge on any atom is 0.407 e. The Morgan fingerprint density at radius 3 is 2.47 bits per heavy atom. The molecule has 2 unspecified atom stereocenters. The smallest absolute Gasteiger partial charge is 0.407 e. The van der Waals surface area contributed by atoms with Crippen molar-refractivity contribution in [1.29, 1.82) is 0 Å². The number of carbonyl (C=O) groups excluding carboxylic acids is 1. The molecule has 1 fully saturated rings. The number of aliphatic hydroxyl groups excluding tert-OH is 1. The maximum atomic E-state index is 11.5. The van der Waals surface area contributed by atoms with E-state index in [4.69, 9.17) is 14.9 Å². The molecule has 1 heterocycles. The van der Waals surface area contributed by atoms with Crippen molar-refractivity contribution in [1.82, 2.24) is 10.2 Å². The summed E-state index contributed by atoms with van der Waals surface area (Å²) in [6.45, 7) is 5.78. The summed E-state index contributed by atoms with van der Waals surface area (Å²) >= 11 is 0. The van der Waals surface area contributed by atoms with Crippen molar-refractivity contribution in [2.75, 3.05) is 19.7 Å². The second kappa shape index (κ2) is 6.10. The molecule has 0 aromatic rings. The number of rotatable bonds is 3. The average molecular weight is 274 g/mol. The summed E-state index contributed by atoms with van der Waals surface area (Å²) in [5.74, 6) is 0.000711. The van der Waals surface area contributed by atoms with Crippen molar-refractivity contribution in [2.24, 2.45) is 5.92 Å². The quantitative estimate of drug-likeness (QED) is 0.709. The van der Waals surface area contributed by atoms with Crippen molar-refractivity contribution < 1.29 is 24.5 Å². The Balaban J connectivity index is 2.39. The fraction of sp³-hybridized carbons (Fsp3) is 0.833. The number of hydrogen-bond donors (Lipinski definition) is 3. The van der Waals surface area contributed by atoms with Gasteiger partial charge in [-0.2, -0.15) is 0 Å². The molecule has 7 nitrogen and oxygen atoms in total. The number of likely N-dealkylation sites (tertiary alicyclic amines) is 1. The van der Waals surface area contributed by atoms with Gasteiger partial charge in [-0.25, -0.2) is 9.59 Å². The van der Waals surface area contributed by atoms with Gasteiger partial charge >= 0.3 is 12.2 Å². The first-order valence-corrected chi connectivity index (χ1v) is 6.30. The van der Waals surface area contributed by atoms with E-state index in [1.807, 2.05) is 0 Å². The van der Waals surface area contributed by atoms with Crippen LogP contribution in [0.5, 0.6) is 0 Å². The van der Waals surface area contributed by atoms with E-state index in [1.54, 1.807) is 20.8 Å². The van der Waals surface area contributed by atoms with Crippen LogP contribution in [-0.4, -0.2) is 58.6 Å². The van der Waals surface area contributed by atoms with E-state index in [2.05, 4.69) is 5.32 Å². The molecule has 1 aliphatic heterocycles. The average Bonchev–Trinajstić information content (AvgIpc) is 2.67. The molecule has 0 aromatic heterocycles. The molecule has 1 saturated heterocycles. The third-order valence-electron chi connectivity index (χ3n) is 2.89. The van der Waals surface area contributed by atoms with E-state index in [9.17, 15) is 9.59 Å². The lowest BCUT2D eigenvalue weighted by Gasteiger charge is -2.20. The Bertz CT molecular complexity index is 340. The highest BCUT2D eigenvalue weighted by Gasteiger charge is 2.34. The Kier molecular flexibility index (Phi) is 4.99. The standard InChI is InChI=1S/C12H22N2O5/c1-12(2,3)19-10(16)13-5-8-4-9(7-15)14(6-8)11(17)18/h8-9,15H,4-7H2,1-3H3,(H,13,16)(H,17,18). The van der Waals surface area contributed by atoms with Gasteiger partial charge in [0.15, 0.2) is 0 Å². The molecule has 3 N–H and O–H groups in total. The minimum atomic E-state index is -1.04. The van der Waals surface area contributed by atoms with Crippen LogP contribution in [-0.2, 0) is 4.74 Å². The fourth-order valence-corrected chi connectivity index (χ4v) is 2.11. The molecule has 19 heavy (non-hydrogen) atoms. The van der Waals surface area contributed by atoms with E-state index >= 15 is 0 Å². The zero-order valence-corrected chi connectivity index (χ0v) is 11.5. The first-order chi connectivity index (χ1) is 8.73. The second-order valence-corrected chi connectivity index (χ2v) is 5.76. The van der Waals surface area contributed by atoms with E-state index in [0.717, 1.165) is 0 Å². The van der Waals surface area contributed by atoms with Gasteiger partial charge in [0.25, 0.3) is 0 Å². The molecule has 1 aliphatic rings.